The monoisotopic (exact) mass is 278 g/mol. The minimum Gasteiger partial charge on any atom is -0.391 e. The van der Waals surface area contributed by atoms with E-state index in [1.165, 1.54) is 16.9 Å². The number of hydrogen-bond acceptors (Lipinski definition) is 3. The van der Waals surface area contributed by atoms with Crippen LogP contribution in [-0.4, -0.2) is 20.8 Å². The minimum atomic E-state index is -0.425. The third-order valence-corrected chi connectivity index (χ3v) is 4.37. The van der Waals surface area contributed by atoms with Gasteiger partial charge < -0.3 is 9.67 Å². The van der Waals surface area contributed by atoms with Crippen LogP contribution in [-0.2, 0) is 6.42 Å². The lowest BCUT2D eigenvalue weighted by molar-refractivity contribution is 0.150. The highest BCUT2D eigenvalue weighted by Gasteiger charge is 2.23. The zero-order chi connectivity index (χ0) is 13.8. The second-order valence-corrected chi connectivity index (χ2v) is 6.39. The topological polar surface area (TPSA) is 38.0 Å². The SMILES string of the molecule is CC(C)CCc1ccsc1C(C(C)O)n1ccnc1. The maximum absolute atomic E-state index is 10.1. The molecule has 2 aromatic heterocycles. The van der Waals surface area contributed by atoms with Crippen LogP contribution in [0.15, 0.2) is 30.2 Å². The first-order valence-electron chi connectivity index (χ1n) is 6.81. The smallest absolute Gasteiger partial charge is 0.0952 e. The molecule has 0 saturated carbocycles. The predicted molar refractivity (Wildman–Crippen MR) is 79.5 cm³/mol. The highest BCUT2D eigenvalue weighted by Crippen LogP contribution is 2.31. The van der Waals surface area contributed by atoms with Crippen molar-refractivity contribution in [2.24, 2.45) is 5.92 Å². The summed E-state index contributed by atoms with van der Waals surface area (Å²) in [7, 11) is 0. The van der Waals surface area contributed by atoms with Crippen molar-refractivity contribution in [1.29, 1.82) is 0 Å². The largest absolute Gasteiger partial charge is 0.391 e. The third kappa shape index (κ3) is 3.45. The van der Waals surface area contributed by atoms with Gasteiger partial charge in [0.15, 0.2) is 0 Å². The average Bonchev–Trinajstić information content (AvgIpc) is 2.98. The summed E-state index contributed by atoms with van der Waals surface area (Å²) >= 11 is 1.73. The van der Waals surface area contributed by atoms with Crippen LogP contribution in [0.3, 0.4) is 0 Å². The molecule has 0 aliphatic heterocycles. The molecule has 2 rings (SSSR count). The molecular weight excluding hydrogens is 256 g/mol. The molecule has 4 heteroatoms. The molecule has 1 N–H and O–H groups in total. The molecule has 0 fully saturated rings. The summed E-state index contributed by atoms with van der Waals surface area (Å²) in [5, 5.41) is 12.2. The number of thiophene rings is 1. The van der Waals surface area contributed by atoms with Gasteiger partial charge in [0.05, 0.1) is 18.5 Å². The normalized spacial score (nSPS) is 14.8. The van der Waals surface area contributed by atoms with Gasteiger partial charge in [-0.3, -0.25) is 0 Å². The van der Waals surface area contributed by atoms with Crippen LogP contribution in [0.4, 0.5) is 0 Å². The fraction of sp³-hybridized carbons (Fsp3) is 0.533. The van der Waals surface area contributed by atoms with Gasteiger partial charge in [0.2, 0.25) is 0 Å². The Morgan fingerprint density at radius 1 is 1.37 bits per heavy atom. The number of nitrogens with zero attached hydrogens (tertiary/aromatic N) is 2. The molecule has 2 atom stereocenters. The quantitative estimate of drug-likeness (QED) is 0.878. The number of aliphatic hydroxyl groups excluding tert-OH is 1. The van der Waals surface area contributed by atoms with E-state index in [-0.39, 0.29) is 6.04 Å². The standard InChI is InChI=1S/C15H22N2OS/c1-11(2)4-5-13-6-9-19-15(13)14(12(3)18)17-8-7-16-10-17/h6-12,14,18H,4-5H2,1-3H3. The summed E-state index contributed by atoms with van der Waals surface area (Å²) < 4.78 is 2.00. The maximum Gasteiger partial charge on any atom is 0.0952 e. The second-order valence-electron chi connectivity index (χ2n) is 5.44. The lowest BCUT2D eigenvalue weighted by atomic mass is 9.99. The van der Waals surface area contributed by atoms with E-state index in [0.717, 1.165) is 6.42 Å². The second kappa shape index (κ2) is 6.35. The Morgan fingerprint density at radius 3 is 2.74 bits per heavy atom. The first-order valence-corrected chi connectivity index (χ1v) is 7.69. The Bertz CT molecular complexity index is 488. The van der Waals surface area contributed by atoms with Crippen molar-refractivity contribution in [3.05, 3.63) is 40.6 Å². The Labute approximate surface area is 118 Å². The number of imidazole rings is 1. The molecule has 2 unspecified atom stereocenters. The van der Waals surface area contributed by atoms with Crippen LogP contribution in [0.25, 0.3) is 0 Å². The van der Waals surface area contributed by atoms with Crippen LogP contribution >= 0.6 is 11.3 Å². The van der Waals surface area contributed by atoms with Gasteiger partial charge in [-0.2, -0.15) is 0 Å². The van der Waals surface area contributed by atoms with Crippen LogP contribution in [0.1, 0.15) is 43.7 Å². The summed E-state index contributed by atoms with van der Waals surface area (Å²) in [5.41, 5.74) is 1.36. The molecule has 104 valence electrons. The fourth-order valence-corrected chi connectivity index (χ4v) is 3.45. The molecule has 0 aromatic carbocycles. The molecule has 0 aliphatic rings. The third-order valence-electron chi connectivity index (χ3n) is 3.34. The maximum atomic E-state index is 10.1. The van der Waals surface area contributed by atoms with E-state index >= 15 is 0 Å². The van der Waals surface area contributed by atoms with Crippen molar-refractivity contribution in [3.8, 4) is 0 Å². The van der Waals surface area contributed by atoms with Gasteiger partial charge in [-0.25, -0.2) is 4.98 Å². The number of rotatable bonds is 6. The average molecular weight is 278 g/mol. The van der Waals surface area contributed by atoms with Crippen LogP contribution in [0.2, 0.25) is 0 Å². The molecule has 0 radical (unpaired) electrons. The fourth-order valence-electron chi connectivity index (χ4n) is 2.30. The first-order chi connectivity index (χ1) is 9.09. The molecule has 0 bridgehead atoms. The van der Waals surface area contributed by atoms with E-state index < -0.39 is 6.10 Å². The summed E-state index contributed by atoms with van der Waals surface area (Å²) in [5.74, 6) is 0.700. The van der Waals surface area contributed by atoms with Gasteiger partial charge in [-0.15, -0.1) is 11.3 Å². The van der Waals surface area contributed by atoms with Crippen molar-refractivity contribution in [1.82, 2.24) is 9.55 Å². The molecule has 0 spiro atoms. The summed E-state index contributed by atoms with van der Waals surface area (Å²) in [6.07, 6.45) is 7.29. The van der Waals surface area contributed by atoms with Crippen molar-refractivity contribution in [2.75, 3.05) is 0 Å². The zero-order valence-corrected chi connectivity index (χ0v) is 12.6. The molecule has 2 aromatic rings. The predicted octanol–water partition coefficient (Wildman–Crippen LogP) is 3.50. The van der Waals surface area contributed by atoms with E-state index in [2.05, 4.69) is 30.3 Å². The van der Waals surface area contributed by atoms with E-state index in [9.17, 15) is 5.11 Å². The van der Waals surface area contributed by atoms with Gasteiger partial charge in [0.1, 0.15) is 0 Å². The van der Waals surface area contributed by atoms with Gasteiger partial charge in [-0.05, 0) is 42.7 Å². The lowest BCUT2D eigenvalue weighted by Gasteiger charge is -2.22. The summed E-state index contributed by atoms with van der Waals surface area (Å²) in [6.45, 7) is 6.33. The molecule has 2 heterocycles. The molecular formula is C15H22N2OS. The number of hydrogen-bond donors (Lipinski definition) is 1. The van der Waals surface area contributed by atoms with Crippen LogP contribution in [0, 0.1) is 5.92 Å². The van der Waals surface area contributed by atoms with Gasteiger partial charge in [-0.1, -0.05) is 13.8 Å². The van der Waals surface area contributed by atoms with Gasteiger partial charge >= 0.3 is 0 Å². The van der Waals surface area contributed by atoms with E-state index in [1.54, 1.807) is 23.9 Å². The lowest BCUT2D eigenvalue weighted by Crippen LogP contribution is -2.21. The number of aliphatic hydroxyl groups is 1. The Morgan fingerprint density at radius 2 is 2.16 bits per heavy atom. The summed E-state index contributed by atoms with van der Waals surface area (Å²) in [4.78, 5) is 5.35. The highest BCUT2D eigenvalue weighted by atomic mass is 32.1. The van der Waals surface area contributed by atoms with E-state index in [1.807, 2.05) is 17.7 Å². The number of aromatic nitrogens is 2. The van der Waals surface area contributed by atoms with Crippen molar-refractivity contribution in [2.45, 2.75) is 45.8 Å². The molecule has 0 saturated heterocycles. The van der Waals surface area contributed by atoms with Gasteiger partial charge in [0.25, 0.3) is 0 Å². The van der Waals surface area contributed by atoms with Crippen molar-refractivity contribution >= 4 is 11.3 Å². The first kappa shape index (κ1) is 14.3. The molecule has 3 nitrogen and oxygen atoms in total. The molecule has 0 amide bonds. The molecule has 0 aliphatic carbocycles. The minimum absolute atomic E-state index is 0.0235. The van der Waals surface area contributed by atoms with Crippen LogP contribution in [0.5, 0.6) is 0 Å². The van der Waals surface area contributed by atoms with E-state index in [0.29, 0.717) is 5.92 Å². The zero-order valence-electron chi connectivity index (χ0n) is 11.8. The summed E-state index contributed by atoms with van der Waals surface area (Å²) in [6, 6.07) is 2.17. The Kier molecular flexibility index (Phi) is 4.77. The van der Waals surface area contributed by atoms with E-state index in [4.69, 9.17) is 0 Å². The Balaban J connectivity index is 2.25. The Hall–Kier alpha value is -1.13. The highest BCUT2D eigenvalue weighted by molar-refractivity contribution is 7.10. The molecule has 19 heavy (non-hydrogen) atoms. The van der Waals surface area contributed by atoms with Crippen molar-refractivity contribution < 1.29 is 5.11 Å². The van der Waals surface area contributed by atoms with Crippen molar-refractivity contribution in [3.63, 3.8) is 0 Å². The van der Waals surface area contributed by atoms with Crippen LogP contribution < -0.4 is 0 Å². The van der Waals surface area contributed by atoms with Gasteiger partial charge in [0, 0.05) is 17.3 Å². The number of aryl methyl sites for hydroxylation is 1.